The van der Waals surface area contributed by atoms with Crippen LogP contribution < -0.4 is 10.6 Å². The number of carbonyl (C=O) groups is 6. The molecule has 0 aromatic heterocycles. The van der Waals surface area contributed by atoms with Gasteiger partial charge in [-0.1, -0.05) is 30.3 Å². The minimum absolute atomic E-state index is 0.00342. The van der Waals surface area contributed by atoms with Gasteiger partial charge in [0, 0.05) is 57.7 Å². The van der Waals surface area contributed by atoms with E-state index in [1.54, 1.807) is 71.9 Å². The van der Waals surface area contributed by atoms with E-state index in [2.05, 4.69) is 10.6 Å². The Kier molecular flexibility index (Phi) is 15.4. The molecule has 0 saturated heterocycles. The molecule has 2 aliphatic rings. The molecule has 2 aromatic rings. The molecule has 2 unspecified atom stereocenters. The second-order valence-electron chi connectivity index (χ2n) is 14.8. The van der Waals surface area contributed by atoms with E-state index in [0.717, 1.165) is 5.56 Å². The first kappa shape index (κ1) is 45.2. The van der Waals surface area contributed by atoms with Gasteiger partial charge in [0.25, 0.3) is 11.8 Å². The quantitative estimate of drug-likeness (QED) is 0.179. The summed E-state index contributed by atoms with van der Waals surface area (Å²) in [7, 11) is 0. The number of carbonyl (C=O) groups excluding carboxylic acids is 6. The third kappa shape index (κ3) is 11.2. The number of ketones is 4. The second-order valence-corrected chi connectivity index (χ2v) is 14.8. The number of allylic oxidation sites excluding steroid dienone is 8. The lowest BCUT2D eigenvalue weighted by atomic mass is 9.82. The normalized spacial score (nSPS) is 17.1. The Morgan fingerprint density at radius 2 is 1.00 bits per heavy atom. The van der Waals surface area contributed by atoms with Gasteiger partial charge in [-0.3, -0.25) is 28.8 Å². The standard InChI is InChI=1S/2C22H26FNO4/c1-13-14(2)20(26)18(15(3)19(13)25)8-10-22(4,28)21(27)24-11-9-16-6-5-7-17(23)12-16;1-13-14(2)20(26)17(15(3)19(13)25)9-11-22(4,28)21(27)24-12-10-16-7-5-6-8-18(16)23/h5-7,12,28H,8-11H2,1-4H3,(H,24,27);5-8,28H,9-12H2,1-4H3,(H,24,27). The van der Waals surface area contributed by atoms with Crippen molar-refractivity contribution in [1.82, 2.24) is 10.6 Å². The van der Waals surface area contributed by atoms with Crippen LogP contribution in [0.3, 0.4) is 0 Å². The van der Waals surface area contributed by atoms with Crippen molar-refractivity contribution in [2.75, 3.05) is 13.1 Å². The first-order valence-electron chi connectivity index (χ1n) is 18.5. The monoisotopic (exact) mass is 774 g/mol. The van der Waals surface area contributed by atoms with Gasteiger partial charge in [0.15, 0.2) is 23.1 Å². The summed E-state index contributed by atoms with van der Waals surface area (Å²) < 4.78 is 26.8. The van der Waals surface area contributed by atoms with Crippen LogP contribution in [0.4, 0.5) is 8.78 Å². The van der Waals surface area contributed by atoms with Crippen LogP contribution in [-0.4, -0.2) is 69.5 Å². The summed E-state index contributed by atoms with van der Waals surface area (Å²) in [5, 5.41) is 26.3. The molecule has 0 fully saturated rings. The molecule has 0 radical (unpaired) electrons. The van der Waals surface area contributed by atoms with E-state index >= 15 is 0 Å². The van der Waals surface area contributed by atoms with Crippen molar-refractivity contribution in [3.8, 4) is 0 Å². The van der Waals surface area contributed by atoms with Crippen LogP contribution in [0.1, 0.15) is 92.2 Å². The molecule has 10 nitrogen and oxygen atoms in total. The van der Waals surface area contributed by atoms with Crippen LogP contribution in [0.2, 0.25) is 0 Å². The fourth-order valence-corrected chi connectivity index (χ4v) is 6.28. The average Bonchev–Trinajstić information content (AvgIpc) is 3.15. The molecule has 0 bridgehead atoms. The summed E-state index contributed by atoms with van der Waals surface area (Å²) in [5.41, 5.74) is 0.921. The molecular weight excluding hydrogens is 722 g/mol. The minimum Gasteiger partial charge on any atom is -0.380 e. The maximum atomic E-state index is 13.6. The lowest BCUT2D eigenvalue weighted by Gasteiger charge is -2.25. The fraction of sp³-hybridized carbons (Fsp3) is 0.409. The molecule has 2 aliphatic carbocycles. The zero-order chi connectivity index (χ0) is 42.1. The molecule has 0 heterocycles. The van der Waals surface area contributed by atoms with Crippen LogP contribution in [0.5, 0.6) is 0 Å². The van der Waals surface area contributed by atoms with E-state index in [-0.39, 0.29) is 73.5 Å². The van der Waals surface area contributed by atoms with E-state index in [0.29, 0.717) is 63.0 Å². The third-order valence-corrected chi connectivity index (χ3v) is 10.5. The summed E-state index contributed by atoms with van der Waals surface area (Å²) in [5.74, 6) is -2.63. The number of hydrogen-bond acceptors (Lipinski definition) is 8. The number of amides is 2. The van der Waals surface area contributed by atoms with Crippen molar-refractivity contribution in [1.29, 1.82) is 0 Å². The smallest absolute Gasteiger partial charge is 0.251 e. The SMILES string of the molecule is CC1=C(C)C(=O)C(CCC(C)(O)C(=O)NCCc2cccc(F)c2)=C(C)C1=O.CC1=C(C)C(=O)C(CCC(C)(O)C(=O)NCCc2ccccc2F)=C(C)C1=O. The number of nitrogens with one attached hydrogen (secondary N) is 2. The number of rotatable bonds is 14. The minimum atomic E-state index is -1.71. The van der Waals surface area contributed by atoms with Crippen molar-refractivity contribution in [2.45, 2.75) is 105 Å². The van der Waals surface area contributed by atoms with Crippen LogP contribution in [0.25, 0.3) is 0 Å². The molecule has 0 saturated carbocycles. The lowest BCUT2D eigenvalue weighted by Crippen LogP contribution is -2.45. The zero-order valence-electron chi connectivity index (χ0n) is 33.4. The topological polar surface area (TPSA) is 167 Å². The van der Waals surface area contributed by atoms with Crippen LogP contribution in [0.15, 0.2) is 93.1 Å². The Balaban J connectivity index is 0.000000300. The van der Waals surface area contributed by atoms with E-state index in [4.69, 9.17) is 0 Å². The van der Waals surface area contributed by atoms with Gasteiger partial charge in [0.2, 0.25) is 0 Å². The molecule has 56 heavy (non-hydrogen) atoms. The predicted octanol–water partition coefficient (Wildman–Crippen LogP) is 5.64. The van der Waals surface area contributed by atoms with Crippen molar-refractivity contribution in [3.63, 3.8) is 0 Å². The maximum absolute atomic E-state index is 13.6. The first-order valence-corrected chi connectivity index (χ1v) is 18.5. The van der Waals surface area contributed by atoms with E-state index in [1.807, 2.05) is 0 Å². The number of aliphatic hydroxyl groups is 2. The van der Waals surface area contributed by atoms with Gasteiger partial charge >= 0.3 is 0 Å². The molecule has 4 rings (SSSR count). The van der Waals surface area contributed by atoms with Gasteiger partial charge in [0.05, 0.1) is 0 Å². The Hall–Kier alpha value is -5.20. The maximum Gasteiger partial charge on any atom is 0.251 e. The molecule has 0 spiro atoms. The average molecular weight is 775 g/mol. The van der Waals surface area contributed by atoms with Crippen molar-refractivity contribution >= 4 is 34.9 Å². The summed E-state index contributed by atoms with van der Waals surface area (Å²) >= 11 is 0. The molecule has 12 heteroatoms. The number of hydrogen-bond donors (Lipinski definition) is 4. The highest BCUT2D eigenvalue weighted by molar-refractivity contribution is 6.25. The largest absolute Gasteiger partial charge is 0.380 e. The van der Waals surface area contributed by atoms with Crippen molar-refractivity contribution in [2.24, 2.45) is 0 Å². The molecule has 300 valence electrons. The highest BCUT2D eigenvalue weighted by atomic mass is 19.1. The number of halogens is 2. The van der Waals surface area contributed by atoms with E-state index in [9.17, 15) is 47.8 Å². The molecule has 0 aliphatic heterocycles. The molecular formula is C44H52F2N2O8. The number of Topliss-reactive ketones (excluding diaryl/α,β-unsaturated/α-hetero) is 4. The van der Waals surface area contributed by atoms with Crippen LogP contribution >= 0.6 is 0 Å². The number of benzene rings is 2. The lowest BCUT2D eigenvalue weighted by molar-refractivity contribution is -0.139. The summed E-state index contributed by atoms with van der Waals surface area (Å²) in [6.45, 7) is 12.8. The van der Waals surface area contributed by atoms with Gasteiger partial charge in [-0.25, -0.2) is 8.78 Å². The zero-order valence-corrected chi connectivity index (χ0v) is 33.4. The fourth-order valence-electron chi connectivity index (χ4n) is 6.28. The first-order chi connectivity index (χ1) is 26.1. The van der Waals surface area contributed by atoms with Gasteiger partial charge < -0.3 is 20.8 Å². The second kappa shape index (κ2) is 19.1. The van der Waals surface area contributed by atoms with Gasteiger partial charge in [0.1, 0.15) is 22.8 Å². The van der Waals surface area contributed by atoms with E-state index in [1.165, 1.54) is 32.0 Å². The highest BCUT2D eigenvalue weighted by Gasteiger charge is 2.35. The third-order valence-electron chi connectivity index (χ3n) is 10.5. The van der Waals surface area contributed by atoms with Crippen molar-refractivity contribution in [3.05, 3.63) is 116 Å². The molecule has 2 aromatic carbocycles. The van der Waals surface area contributed by atoms with Crippen LogP contribution in [0, 0.1) is 11.6 Å². The summed E-state index contributed by atoms with van der Waals surface area (Å²) in [6.07, 6.45) is 0.989. The summed E-state index contributed by atoms with van der Waals surface area (Å²) in [4.78, 5) is 74.0. The Morgan fingerprint density at radius 1 is 0.571 bits per heavy atom. The van der Waals surface area contributed by atoms with E-state index < -0.39 is 23.0 Å². The van der Waals surface area contributed by atoms with Gasteiger partial charge in [-0.05, 0) is 123 Å². The molecule has 2 atom stereocenters. The predicted molar refractivity (Wildman–Crippen MR) is 208 cm³/mol. The Bertz CT molecular complexity index is 2050. The summed E-state index contributed by atoms with van der Waals surface area (Å²) in [6, 6.07) is 12.4. The Labute approximate surface area is 326 Å². The Morgan fingerprint density at radius 3 is 1.45 bits per heavy atom. The van der Waals surface area contributed by atoms with Crippen LogP contribution in [-0.2, 0) is 41.6 Å². The van der Waals surface area contributed by atoms with Crippen molar-refractivity contribution < 1.29 is 47.8 Å². The van der Waals surface area contributed by atoms with Gasteiger partial charge in [-0.15, -0.1) is 0 Å². The van der Waals surface area contributed by atoms with Gasteiger partial charge in [-0.2, -0.15) is 0 Å². The molecule has 2 amide bonds. The molecule has 4 N–H and O–H groups in total. The highest BCUT2D eigenvalue weighted by Crippen LogP contribution is 2.30.